The highest BCUT2D eigenvalue weighted by Crippen LogP contribution is 2.34. The first-order valence-electron chi connectivity index (χ1n) is 13.8. The third-order valence-electron chi connectivity index (χ3n) is 6.83. The minimum atomic E-state index is -4.08. The van der Waals surface area contributed by atoms with Gasteiger partial charge in [0, 0.05) is 31.5 Å². The van der Waals surface area contributed by atoms with Crippen LogP contribution < -0.4 is 14.8 Å². The van der Waals surface area contributed by atoms with Crippen molar-refractivity contribution in [1.29, 1.82) is 10.8 Å². The number of anilines is 1. The van der Waals surface area contributed by atoms with Crippen molar-refractivity contribution in [3.63, 3.8) is 0 Å². The first kappa shape index (κ1) is 31.7. The molecule has 0 aromatic heterocycles. The molecule has 4 N–H and O–H groups in total. The lowest BCUT2D eigenvalue weighted by Gasteiger charge is -2.33. The second kappa shape index (κ2) is 14.2. The Kier molecular flexibility index (Phi) is 10.9. The van der Waals surface area contributed by atoms with Crippen molar-refractivity contribution >= 4 is 39.4 Å². The molecule has 222 valence electrons. The van der Waals surface area contributed by atoms with Gasteiger partial charge in [-0.25, -0.2) is 8.42 Å². The number of nitrogens with one attached hydrogen (secondary N) is 2. The summed E-state index contributed by atoms with van der Waals surface area (Å²) >= 11 is 0. The zero-order valence-electron chi connectivity index (χ0n) is 24.2. The molecule has 0 atom stereocenters. The monoisotopic (exact) mass is 583 g/mol. The zero-order chi connectivity index (χ0) is 30.2. The normalized spacial score (nSPS) is 14.3. The van der Waals surface area contributed by atoms with Crippen LogP contribution in [0.15, 0.2) is 48.5 Å². The molecule has 1 aliphatic heterocycles. The molecule has 0 spiro atoms. The number of nitrogens with zero attached hydrogens (tertiary/aromatic N) is 2. The molecular weight excluding hydrogens is 542 g/mol. The van der Waals surface area contributed by atoms with E-state index >= 15 is 0 Å². The number of ether oxygens (including phenoxy) is 2. The van der Waals surface area contributed by atoms with Gasteiger partial charge in [-0.1, -0.05) is 44.2 Å². The second-order valence-electron chi connectivity index (χ2n) is 10.3. The number of carbonyl (C=O) groups is 1. The van der Waals surface area contributed by atoms with E-state index in [2.05, 4.69) is 0 Å². The Morgan fingerprint density at radius 1 is 1.17 bits per heavy atom. The smallest absolute Gasteiger partial charge is 0.323 e. The van der Waals surface area contributed by atoms with Gasteiger partial charge in [0.05, 0.1) is 24.7 Å². The van der Waals surface area contributed by atoms with Crippen LogP contribution in [0.2, 0.25) is 0 Å². The summed E-state index contributed by atoms with van der Waals surface area (Å²) in [5.74, 6) is -0.347. The number of nitrogens with two attached hydrogens (primary N) is 1. The number of amidine groups is 2. The number of likely N-dealkylation sites (tertiary alicyclic amines) is 1. The number of hydrogen-bond acceptors (Lipinski definition) is 7. The fourth-order valence-electron chi connectivity index (χ4n) is 4.64. The van der Waals surface area contributed by atoms with Gasteiger partial charge in [0.15, 0.2) is 5.75 Å². The number of sulfonamides is 1. The van der Waals surface area contributed by atoms with Gasteiger partial charge in [0.25, 0.3) is 0 Å². The van der Waals surface area contributed by atoms with Gasteiger partial charge in [0.2, 0.25) is 10.0 Å². The van der Waals surface area contributed by atoms with Crippen LogP contribution in [0.25, 0.3) is 6.08 Å². The largest absolute Gasteiger partial charge is 0.490 e. The molecule has 0 bridgehead atoms. The van der Waals surface area contributed by atoms with Crippen molar-refractivity contribution in [3.8, 4) is 5.75 Å². The van der Waals surface area contributed by atoms with Gasteiger partial charge in [-0.3, -0.25) is 19.9 Å². The van der Waals surface area contributed by atoms with E-state index in [0.717, 1.165) is 37.1 Å². The molecule has 1 aliphatic rings. The molecule has 2 aromatic rings. The number of rotatable bonds is 12. The van der Waals surface area contributed by atoms with Crippen molar-refractivity contribution in [3.05, 3.63) is 65.2 Å². The summed E-state index contributed by atoms with van der Waals surface area (Å²) in [5.41, 5.74) is 8.21. The lowest BCUT2D eigenvalue weighted by atomic mass is 10.0. The first-order chi connectivity index (χ1) is 19.4. The molecule has 41 heavy (non-hydrogen) atoms. The van der Waals surface area contributed by atoms with Gasteiger partial charge >= 0.3 is 5.97 Å². The van der Waals surface area contributed by atoms with E-state index in [1.807, 2.05) is 30.9 Å². The van der Waals surface area contributed by atoms with E-state index in [0.29, 0.717) is 22.8 Å². The molecular formula is C30H41N5O5S. The van der Waals surface area contributed by atoms with E-state index in [1.165, 1.54) is 4.31 Å². The van der Waals surface area contributed by atoms with Gasteiger partial charge < -0.3 is 20.1 Å². The molecule has 0 unspecified atom stereocenters. The Morgan fingerprint density at radius 2 is 1.88 bits per heavy atom. The molecule has 0 aliphatic carbocycles. The maximum atomic E-state index is 13.5. The van der Waals surface area contributed by atoms with Crippen molar-refractivity contribution in [2.75, 3.05) is 36.3 Å². The van der Waals surface area contributed by atoms with E-state index in [4.69, 9.17) is 26.0 Å². The number of carbonyl (C=O) groups excluding carboxylic acids is 1. The molecule has 0 amide bonds. The third kappa shape index (κ3) is 8.81. The highest BCUT2D eigenvalue weighted by atomic mass is 32.2. The average Bonchev–Trinajstić information content (AvgIpc) is 2.91. The highest BCUT2D eigenvalue weighted by molar-refractivity contribution is 7.93. The van der Waals surface area contributed by atoms with Crippen molar-refractivity contribution in [2.24, 2.45) is 5.73 Å². The Balaban J connectivity index is 1.90. The second-order valence-corrected chi connectivity index (χ2v) is 12.2. The summed E-state index contributed by atoms with van der Waals surface area (Å²) in [7, 11) is -4.08. The molecule has 2 aromatic carbocycles. The maximum Gasteiger partial charge on any atom is 0.323 e. The van der Waals surface area contributed by atoms with Crippen molar-refractivity contribution in [1.82, 2.24) is 4.90 Å². The van der Waals surface area contributed by atoms with Gasteiger partial charge in [-0.15, -0.1) is 0 Å². The quantitative estimate of drug-likeness (QED) is 0.191. The summed E-state index contributed by atoms with van der Waals surface area (Å²) in [6.45, 7) is 9.04. The molecule has 11 heteroatoms. The van der Waals surface area contributed by atoms with Crippen LogP contribution in [-0.2, 0) is 19.6 Å². The van der Waals surface area contributed by atoms with Crippen LogP contribution in [0.5, 0.6) is 5.75 Å². The van der Waals surface area contributed by atoms with Crippen LogP contribution in [0, 0.1) is 10.8 Å². The highest BCUT2D eigenvalue weighted by Gasteiger charge is 2.28. The SMILES string of the molecule is CCOC(=O)CS(=O)(=O)N(CC=Cc1cccc(C(=N)N)c1)c1ccc(OC2CCN(C(C)=N)CC2)c(C(C)C)c1. The average molecular weight is 584 g/mol. The van der Waals surface area contributed by atoms with Gasteiger partial charge in [-0.2, -0.15) is 0 Å². The van der Waals surface area contributed by atoms with E-state index in [9.17, 15) is 13.2 Å². The Bertz CT molecular complexity index is 1380. The van der Waals surface area contributed by atoms with E-state index in [1.54, 1.807) is 56.3 Å². The fourth-order valence-corrected chi connectivity index (χ4v) is 5.93. The van der Waals surface area contributed by atoms with Crippen molar-refractivity contribution < 1.29 is 22.7 Å². The summed E-state index contributed by atoms with van der Waals surface area (Å²) < 4.78 is 39.4. The predicted molar refractivity (Wildman–Crippen MR) is 163 cm³/mol. The lowest BCUT2D eigenvalue weighted by Crippen LogP contribution is -2.40. The molecule has 0 radical (unpaired) electrons. The molecule has 1 saturated heterocycles. The van der Waals surface area contributed by atoms with E-state index < -0.39 is 21.7 Å². The van der Waals surface area contributed by atoms with E-state index in [-0.39, 0.29) is 31.0 Å². The van der Waals surface area contributed by atoms with Crippen LogP contribution in [0.4, 0.5) is 5.69 Å². The zero-order valence-corrected chi connectivity index (χ0v) is 25.0. The molecule has 3 rings (SSSR count). The topological polar surface area (TPSA) is 150 Å². The fraction of sp³-hybridized carbons (Fsp3) is 0.433. The number of benzene rings is 2. The molecule has 10 nitrogen and oxygen atoms in total. The van der Waals surface area contributed by atoms with Gasteiger partial charge in [-0.05, 0) is 55.2 Å². The Hall–Kier alpha value is -3.86. The third-order valence-corrected chi connectivity index (χ3v) is 8.47. The van der Waals surface area contributed by atoms with Crippen molar-refractivity contribution in [2.45, 2.75) is 52.6 Å². The summed E-state index contributed by atoms with van der Waals surface area (Å²) in [6, 6.07) is 12.4. The minimum Gasteiger partial charge on any atom is -0.490 e. The van der Waals surface area contributed by atoms with Crippen LogP contribution in [-0.4, -0.2) is 69.1 Å². The van der Waals surface area contributed by atoms with Crippen LogP contribution >= 0.6 is 0 Å². The Morgan fingerprint density at radius 3 is 2.49 bits per heavy atom. The number of piperidine rings is 1. The Labute approximate surface area is 243 Å². The molecule has 1 heterocycles. The first-order valence-corrected chi connectivity index (χ1v) is 15.4. The standard InChI is InChI=1S/C30H41N5O5S/c1-5-39-29(36)20-41(37,38)35(15-7-9-23-8-6-10-24(18-23)30(32)33)25-11-12-28(27(19-25)21(2)3)40-26-13-16-34(17-14-26)22(4)31/h6-12,18-19,21,26,31H,5,13-17,20H2,1-4H3,(H3,32,33). The predicted octanol–water partition coefficient (Wildman–Crippen LogP) is 4.35. The number of hydrogen-bond donors (Lipinski definition) is 3. The number of esters is 1. The van der Waals surface area contributed by atoms with Gasteiger partial charge in [0.1, 0.15) is 17.7 Å². The lowest BCUT2D eigenvalue weighted by molar-refractivity contribution is -0.139. The van der Waals surface area contributed by atoms with Crippen LogP contribution in [0.3, 0.4) is 0 Å². The summed E-state index contributed by atoms with van der Waals surface area (Å²) in [6.07, 6.45) is 5.05. The summed E-state index contributed by atoms with van der Waals surface area (Å²) in [5, 5.41) is 15.5. The molecule has 1 fully saturated rings. The summed E-state index contributed by atoms with van der Waals surface area (Å²) in [4.78, 5) is 14.2. The maximum absolute atomic E-state index is 13.5. The number of nitrogen functional groups attached to an aromatic ring is 1. The van der Waals surface area contributed by atoms with Crippen LogP contribution in [0.1, 0.15) is 63.1 Å². The minimum absolute atomic E-state index is 0.00583. The molecule has 0 saturated carbocycles.